The van der Waals surface area contributed by atoms with Crippen LogP contribution in [0.15, 0.2) is 0 Å². The van der Waals surface area contributed by atoms with E-state index in [4.69, 9.17) is 19.3 Å². The van der Waals surface area contributed by atoms with Crippen molar-refractivity contribution in [1.82, 2.24) is 4.72 Å². The van der Waals surface area contributed by atoms with E-state index < -0.39 is 36.5 Å². The monoisotopic (exact) mass is 313 g/mol. The van der Waals surface area contributed by atoms with Gasteiger partial charge in [-0.05, 0) is 11.9 Å². The number of rotatable bonds is 10. The minimum Gasteiger partial charge on any atom is -0.394 e. The molecule has 1 saturated heterocycles. The molecule has 0 aliphatic carbocycles. The van der Waals surface area contributed by atoms with Gasteiger partial charge in [-0.1, -0.05) is 0 Å². The molecule has 5 atom stereocenters. The Morgan fingerprint density at radius 2 is 2.00 bits per heavy atom. The van der Waals surface area contributed by atoms with E-state index in [-0.39, 0.29) is 0 Å². The van der Waals surface area contributed by atoms with Gasteiger partial charge in [-0.2, -0.15) is 0 Å². The van der Waals surface area contributed by atoms with Gasteiger partial charge in [0.1, 0.15) is 29.9 Å². The van der Waals surface area contributed by atoms with Crippen molar-refractivity contribution in [2.24, 2.45) is 0 Å². The van der Waals surface area contributed by atoms with Crippen LogP contribution in [0.1, 0.15) is 0 Å². The first-order valence-electron chi connectivity index (χ1n) is 6.37. The molecule has 0 bridgehead atoms. The fourth-order valence-corrected chi connectivity index (χ4v) is 2.54. The lowest BCUT2D eigenvalue weighted by Crippen LogP contribution is -2.40. The summed E-state index contributed by atoms with van der Waals surface area (Å²) in [6, 6.07) is 0. The fourth-order valence-electron chi connectivity index (χ4n) is 1.69. The number of aliphatic hydroxyl groups is 4. The number of methoxy groups -OCH3 is 1. The Labute approximate surface area is 122 Å². The highest BCUT2D eigenvalue weighted by molar-refractivity contribution is 7.97. The summed E-state index contributed by atoms with van der Waals surface area (Å²) in [5.74, 6) is 0. The van der Waals surface area contributed by atoms with Gasteiger partial charge < -0.3 is 34.6 Å². The Morgan fingerprint density at radius 3 is 2.65 bits per heavy atom. The number of aliphatic hydroxyl groups excluding tert-OH is 4. The van der Waals surface area contributed by atoms with Crippen molar-refractivity contribution in [3.8, 4) is 0 Å². The van der Waals surface area contributed by atoms with Crippen LogP contribution in [0.3, 0.4) is 0 Å². The van der Waals surface area contributed by atoms with E-state index in [1.807, 2.05) is 0 Å². The smallest absolute Gasteiger partial charge is 0.146 e. The molecule has 120 valence electrons. The predicted octanol–water partition coefficient (Wildman–Crippen LogP) is -2.31. The molecule has 1 rings (SSSR count). The zero-order chi connectivity index (χ0) is 15.0. The summed E-state index contributed by atoms with van der Waals surface area (Å²) >= 11 is 1.11. The van der Waals surface area contributed by atoms with Crippen LogP contribution < -0.4 is 4.72 Å². The van der Waals surface area contributed by atoms with E-state index in [9.17, 15) is 15.3 Å². The molecule has 5 N–H and O–H groups in total. The number of hydrogen-bond acceptors (Lipinski definition) is 9. The first-order valence-corrected chi connectivity index (χ1v) is 7.25. The summed E-state index contributed by atoms with van der Waals surface area (Å²) < 4.78 is 18.3. The molecule has 0 spiro atoms. The zero-order valence-electron chi connectivity index (χ0n) is 11.3. The second-order valence-electron chi connectivity index (χ2n) is 4.32. The predicted molar refractivity (Wildman–Crippen MR) is 72.1 cm³/mol. The van der Waals surface area contributed by atoms with Crippen molar-refractivity contribution >= 4 is 11.9 Å². The van der Waals surface area contributed by atoms with Crippen LogP contribution in [0.5, 0.6) is 0 Å². The second-order valence-corrected chi connectivity index (χ2v) is 5.31. The molecule has 0 unspecified atom stereocenters. The number of ether oxygens (including phenoxy) is 3. The van der Waals surface area contributed by atoms with Crippen molar-refractivity contribution < 1.29 is 34.6 Å². The Morgan fingerprint density at radius 1 is 1.25 bits per heavy atom. The topological polar surface area (TPSA) is 121 Å². The Bertz CT molecular complexity index is 261. The van der Waals surface area contributed by atoms with Crippen LogP contribution in [0.2, 0.25) is 0 Å². The van der Waals surface area contributed by atoms with Crippen LogP contribution in [0, 0.1) is 0 Å². The van der Waals surface area contributed by atoms with Gasteiger partial charge >= 0.3 is 0 Å². The van der Waals surface area contributed by atoms with E-state index in [2.05, 4.69) is 4.72 Å². The van der Waals surface area contributed by atoms with Crippen molar-refractivity contribution in [3.05, 3.63) is 0 Å². The maximum atomic E-state index is 9.77. The molecule has 1 aliphatic rings. The van der Waals surface area contributed by atoms with Crippen LogP contribution in [-0.2, 0) is 14.2 Å². The summed E-state index contributed by atoms with van der Waals surface area (Å²) in [5, 5.41) is 37.8. The van der Waals surface area contributed by atoms with E-state index in [0.29, 0.717) is 26.4 Å². The van der Waals surface area contributed by atoms with Crippen molar-refractivity contribution in [2.45, 2.75) is 29.9 Å². The lowest BCUT2D eigenvalue weighted by atomic mass is 10.1. The van der Waals surface area contributed by atoms with Crippen LogP contribution >= 0.6 is 11.9 Å². The standard InChI is InChI=1S/C11H23NO7S/c1-17-4-5-18-3-2-12-20-11-9(16)8(15)10(19-11)7(14)6-13/h7-16H,2-6H2,1H3/t7-,8-,9-,10+,11+/m1/s1. The van der Waals surface area contributed by atoms with Crippen molar-refractivity contribution in [3.63, 3.8) is 0 Å². The molecular formula is C11H23NO7S. The van der Waals surface area contributed by atoms with Gasteiger partial charge in [0, 0.05) is 13.7 Å². The summed E-state index contributed by atoms with van der Waals surface area (Å²) in [6.07, 6.45) is -4.57. The third-order valence-corrected chi connectivity index (χ3v) is 3.80. The average Bonchev–Trinajstić information content (AvgIpc) is 2.74. The highest BCUT2D eigenvalue weighted by Gasteiger charge is 2.46. The Kier molecular flexibility index (Phi) is 8.93. The van der Waals surface area contributed by atoms with Gasteiger partial charge in [-0.3, -0.25) is 4.72 Å². The maximum Gasteiger partial charge on any atom is 0.146 e. The minimum absolute atomic E-state index is 0.477. The summed E-state index contributed by atoms with van der Waals surface area (Å²) in [5.41, 5.74) is -0.713. The van der Waals surface area contributed by atoms with E-state index in [1.165, 1.54) is 0 Å². The normalized spacial score (nSPS) is 31.6. The molecule has 9 heteroatoms. The van der Waals surface area contributed by atoms with Gasteiger partial charge in [-0.25, -0.2) is 0 Å². The van der Waals surface area contributed by atoms with Crippen LogP contribution in [-0.4, -0.2) is 90.4 Å². The zero-order valence-corrected chi connectivity index (χ0v) is 12.2. The lowest BCUT2D eigenvalue weighted by molar-refractivity contribution is -0.0713. The average molecular weight is 313 g/mol. The molecule has 0 amide bonds. The van der Waals surface area contributed by atoms with Gasteiger partial charge in [0.15, 0.2) is 0 Å². The molecule has 0 radical (unpaired) electrons. The van der Waals surface area contributed by atoms with Gasteiger partial charge in [-0.15, -0.1) is 0 Å². The molecule has 8 nitrogen and oxygen atoms in total. The molecular weight excluding hydrogens is 290 g/mol. The van der Waals surface area contributed by atoms with Crippen LogP contribution in [0.25, 0.3) is 0 Å². The van der Waals surface area contributed by atoms with Crippen molar-refractivity contribution in [2.75, 3.05) is 40.1 Å². The third kappa shape index (κ3) is 5.43. The van der Waals surface area contributed by atoms with E-state index in [0.717, 1.165) is 11.9 Å². The largest absolute Gasteiger partial charge is 0.394 e. The highest BCUT2D eigenvalue weighted by atomic mass is 32.2. The Balaban J connectivity index is 2.17. The van der Waals surface area contributed by atoms with Gasteiger partial charge in [0.05, 0.1) is 26.4 Å². The van der Waals surface area contributed by atoms with Crippen LogP contribution in [0.4, 0.5) is 0 Å². The van der Waals surface area contributed by atoms with Gasteiger partial charge in [0.2, 0.25) is 0 Å². The molecule has 0 aromatic rings. The molecule has 0 aromatic heterocycles. The molecule has 0 aromatic carbocycles. The highest BCUT2D eigenvalue weighted by Crippen LogP contribution is 2.29. The molecule has 1 heterocycles. The minimum atomic E-state index is -1.23. The fraction of sp³-hybridized carbons (Fsp3) is 1.00. The number of nitrogens with one attached hydrogen (secondary N) is 1. The molecule has 20 heavy (non-hydrogen) atoms. The summed E-state index contributed by atoms with van der Waals surface area (Å²) in [4.78, 5) is 0. The van der Waals surface area contributed by atoms with Crippen molar-refractivity contribution in [1.29, 1.82) is 0 Å². The maximum absolute atomic E-state index is 9.77. The summed E-state index contributed by atoms with van der Waals surface area (Å²) in [6.45, 7) is 1.51. The van der Waals surface area contributed by atoms with E-state index >= 15 is 0 Å². The Hall–Kier alpha value is 0.0300. The molecule has 1 aliphatic heterocycles. The molecule has 0 saturated carbocycles. The van der Waals surface area contributed by atoms with E-state index in [1.54, 1.807) is 7.11 Å². The quantitative estimate of drug-likeness (QED) is 0.224. The molecule has 1 fully saturated rings. The first-order chi connectivity index (χ1) is 9.61. The summed E-state index contributed by atoms with van der Waals surface area (Å²) in [7, 11) is 1.60. The first kappa shape index (κ1) is 18.1. The lowest BCUT2D eigenvalue weighted by Gasteiger charge is -2.18. The second kappa shape index (κ2) is 9.87. The van der Waals surface area contributed by atoms with Gasteiger partial charge in [0.25, 0.3) is 0 Å². The SMILES string of the molecule is COCCOCCNS[C@@H]1O[C@@H]([C@H](O)CO)[C@H](O)[C@H]1O. The number of hydrogen-bond donors (Lipinski definition) is 5. The third-order valence-electron chi connectivity index (χ3n) is 2.80.